The van der Waals surface area contributed by atoms with Gasteiger partial charge in [-0.25, -0.2) is 9.59 Å². The Morgan fingerprint density at radius 3 is 2.45 bits per heavy atom. The summed E-state index contributed by atoms with van der Waals surface area (Å²) >= 11 is 0. The van der Waals surface area contributed by atoms with E-state index in [2.05, 4.69) is 4.99 Å². The zero-order chi connectivity index (χ0) is 16.3. The second-order valence-corrected chi connectivity index (χ2v) is 5.14. The van der Waals surface area contributed by atoms with Crippen LogP contribution < -0.4 is 4.74 Å². The van der Waals surface area contributed by atoms with Crippen molar-refractivity contribution in [3.63, 3.8) is 0 Å². The van der Waals surface area contributed by atoms with Gasteiger partial charge < -0.3 is 14.9 Å². The Bertz CT molecular complexity index is 596. The molecule has 2 N–H and O–H groups in total. The normalized spacial score (nSPS) is 22.8. The van der Waals surface area contributed by atoms with Crippen LogP contribution in [0, 0.1) is 0 Å². The summed E-state index contributed by atoms with van der Waals surface area (Å²) in [5.41, 5.74) is 1.29. The van der Waals surface area contributed by atoms with E-state index < -0.39 is 24.1 Å². The van der Waals surface area contributed by atoms with Crippen LogP contribution in [0.4, 0.5) is 4.79 Å². The molecule has 7 heteroatoms. The molecule has 0 radical (unpaired) electrons. The van der Waals surface area contributed by atoms with Crippen molar-refractivity contribution < 1.29 is 24.5 Å². The fourth-order valence-electron chi connectivity index (χ4n) is 2.56. The third kappa shape index (κ3) is 3.19. The van der Waals surface area contributed by atoms with Crippen LogP contribution in [-0.2, 0) is 11.3 Å². The number of carboxylic acids is 1. The molecule has 0 unspecified atom stereocenters. The molecule has 1 aliphatic heterocycles. The van der Waals surface area contributed by atoms with Crippen LogP contribution in [0.25, 0.3) is 0 Å². The predicted octanol–water partition coefficient (Wildman–Crippen LogP) is 1.86. The van der Waals surface area contributed by atoms with Gasteiger partial charge in [0.1, 0.15) is 5.75 Å². The number of likely N-dealkylation sites (tertiary alicyclic amines) is 1. The number of aliphatic imine (C=N–C) groups is 1. The minimum Gasteiger partial charge on any atom is -0.497 e. The van der Waals surface area contributed by atoms with Crippen LogP contribution in [0.2, 0.25) is 0 Å². The number of benzene rings is 1. The lowest BCUT2D eigenvalue weighted by Gasteiger charge is -2.21. The Balaban J connectivity index is 2.18. The van der Waals surface area contributed by atoms with Gasteiger partial charge in [-0.2, -0.15) is 0 Å². The van der Waals surface area contributed by atoms with Gasteiger partial charge in [0, 0.05) is 18.2 Å². The fraction of sp³-hybridized carbons (Fsp3) is 0.400. The third-order valence-electron chi connectivity index (χ3n) is 3.65. The summed E-state index contributed by atoms with van der Waals surface area (Å²) in [5, 5.41) is 18.4. The topological polar surface area (TPSA) is 99.4 Å². The summed E-state index contributed by atoms with van der Waals surface area (Å²) in [7, 11) is 1.58. The van der Waals surface area contributed by atoms with Crippen LogP contribution in [0.15, 0.2) is 29.3 Å². The number of ether oxygens (including phenoxy) is 1. The maximum atomic E-state index is 11.4. The van der Waals surface area contributed by atoms with Crippen molar-refractivity contribution in [3.8, 4) is 5.75 Å². The largest absolute Gasteiger partial charge is 0.497 e. The highest BCUT2D eigenvalue weighted by Gasteiger charge is 2.43. The van der Waals surface area contributed by atoms with Crippen LogP contribution in [0.5, 0.6) is 5.75 Å². The molecule has 7 nitrogen and oxygen atoms in total. The molecule has 1 amide bonds. The lowest BCUT2D eigenvalue weighted by molar-refractivity contribution is -0.140. The number of amides is 1. The molecule has 118 valence electrons. The molecule has 1 heterocycles. The van der Waals surface area contributed by atoms with Gasteiger partial charge in [-0.3, -0.25) is 9.89 Å². The summed E-state index contributed by atoms with van der Waals surface area (Å²) < 4.78 is 5.06. The van der Waals surface area contributed by atoms with Gasteiger partial charge >= 0.3 is 12.1 Å². The molecule has 22 heavy (non-hydrogen) atoms. The van der Waals surface area contributed by atoms with E-state index in [1.807, 2.05) is 12.1 Å². The van der Waals surface area contributed by atoms with Crippen molar-refractivity contribution in [2.24, 2.45) is 4.99 Å². The Kier molecular flexibility index (Phi) is 4.65. The molecule has 0 saturated carbocycles. The summed E-state index contributed by atoms with van der Waals surface area (Å²) in [4.78, 5) is 27.8. The summed E-state index contributed by atoms with van der Waals surface area (Å²) in [6.07, 6.45) is -0.908. The van der Waals surface area contributed by atoms with E-state index in [0.717, 1.165) is 16.2 Å². The molecular weight excluding hydrogens is 288 g/mol. The second-order valence-electron chi connectivity index (χ2n) is 5.14. The summed E-state index contributed by atoms with van der Waals surface area (Å²) in [6, 6.07) is 5.67. The number of rotatable bonds is 4. The highest BCUT2D eigenvalue weighted by atomic mass is 16.5. The van der Waals surface area contributed by atoms with Crippen molar-refractivity contribution in [1.82, 2.24) is 4.90 Å². The average Bonchev–Trinajstić information content (AvgIpc) is 2.82. The molecule has 0 bridgehead atoms. The van der Waals surface area contributed by atoms with E-state index in [9.17, 15) is 14.7 Å². The molecule has 0 spiro atoms. The number of hydrogen-bond acceptors (Lipinski definition) is 4. The van der Waals surface area contributed by atoms with Gasteiger partial charge in [-0.1, -0.05) is 12.1 Å². The molecule has 1 aromatic rings. The van der Waals surface area contributed by atoms with Crippen molar-refractivity contribution in [2.45, 2.75) is 32.0 Å². The quantitative estimate of drug-likeness (QED) is 0.884. The molecule has 1 aromatic carbocycles. The smallest absolute Gasteiger partial charge is 0.408 e. The van der Waals surface area contributed by atoms with Crippen LogP contribution in [-0.4, -0.2) is 52.1 Å². The van der Waals surface area contributed by atoms with E-state index in [-0.39, 0.29) is 0 Å². The first kappa shape index (κ1) is 15.8. The lowest BCUT2D eigenvalue weighted by atomic mass is 10.1. The van der Waals surface area contributed by atoms with E-state index in [0.29, 0.717) is 18.7 Å². The van der Waals surface area contributed by atoms with E-state index in [4.69, 9.17) is 9.84 Å². The maximum absolute atomic E-state index is 11.4. The molecule has 1 aliphatic rings. The number of hydrogen-bond donors (Lipinski definition) is 2. The average molecular weight is 306 g/mol. The minimum atomic E-state index is -1.24. The number of carbonyl (C=O) groups is 2. The number of nitrogens with zero attached hydrogens (tertiary/aromatic N) is 2. The Labute approximate surface area is 127 Å². The monoisotopic (exact) mass is 306 g/mol. The van der Waals surface area contributed by atoms with E-state index >= 15 is 0 Å². The Morgan fingerprint density at radius 2 is 1.95 bits per heavy atom. The highest BCUT2D eigenvalue weighted by Crippen LogP contribution is 2.23. The fourth-order valence-corrected chi connectivity index (χ4v) is 2.56. The standard InChI is InChI=1S/C15H18N2O5/c1-9-7-12(13(14(18)19)17(9)15(20)21)16-8-10-3-5-11(22-2)6-4-10/h3-6,9,13H,7-8H2,1-2H3,(H,18,19)(H,20,21)/t9-,13-/m1/s1. The van der Waals surface area contributed by atoms with Crippen molar-refractivity contribution in [1.29, 1.82) is 0 Å². The molecule has 1 saturated heterocycles. The lowest BCUT2D eigenvalue weighted by Crippen LogP contribution is -2.45. The first-order chi connectivity index (χ1) is 10.4. The summed E-state index contributed by atoms with van der Waals surface area (Å²) in [6.45, 7) is 1.99. The zero-order valence-corrected chi connectivity index (χ0v) is 12.4. The van der Waals surface area contributed by atoms with Crippen LogP contribution >= 0.6 is 0 Å². The van der Waals surface area contributed by atoms with Gasteiger partial charge in [0.2, 0.25) is 0 Å². The molecule has 2 atom stereocenters. The van der Waals surface area contributed by atoms with Crippen molar-refractivity contribution >= 4 is 17.8 Å². The number of aliphatic carboxylic acids is 1. The van der Waals surface area contributed by atoms with Gasteiger partial charge in [-0.05, 0) is 24.6 Å². The first-order valence-corrected chi connectivity index (χ1v) is 6.84. The van der Waals surface area contributed by atoms with E-state index in [1.54, 1.807) is 26.2 Å². The van der Waals surface area contributed by atoms with Gasteiger partial charge in [0.25, 0.3) is 0 Å². The molecule has 0 aliphatic carbocycles. The first-order valence-electron chi connectivity index (χ1n) is 6.84. The number of methoxy groups -OCH3 is 1. The minimum absolute atomic E-state index is 0.309. The van der Waals surface area contributed by atoms with Gasteiger partial charge in [-0.15, -0.1) is 0 Å². The van der Waals surface area contributed by atoms with Gasteiger partial charge in [0.05, 0.1) is 13.7 Å². The SMILES string of the molecule is COc1ccc(CN=C2C[C@@H](C)N(C(=O)O)[C@H]2C(=O)O)cc1. The zero-order valence-electron chi connectivity index (χ0n) is 12.4. The Hall–Kier alpha value is -2.57. The van der Waals surface area contributed by atoms with Crippen LogP contribution in [0.3, 0.4) is 0 Å². The number of carboxylic acid groups (broad SMARTS) is 2. The maximum Gasteiger partial charge on any atom is 0.408 e. The second kappa shape index (κ2) is 6.46. The predicted molar refractivity (Wildman–Crippen MR) is 79.5 cm³/mol. The third-order valence-corrected chi connectivity index (χ3v) is 3.65. The molecule has 1 fully saturated rings. The Morgan fingerprint density at radius 1 is 1.32 bits per heavy atom. The van der Waals surface area contributed by atoms with Gasteiger partial charge in [0.15, 0.2) is 6.04 Å². The van der Waals surface area contributed by atoms with Crippen molar-refractivity contribution in [2.75, 3.05) is 7.11 Å². The molecule has 0 aromatic heterocycles. The van der Waals surface area contributed by atoms with Crippen molar-refractivity contribution in [3.05, 3.63) is 29.8 Å². The highest BCUT2D eigenvalue weighted by molar-refractivity contribution is 6.09. The summed E-state index contributed by atoms with van der Waals surface area (Å²) in [5.74, 6) is -0.466. The van der Waals surface area contributed by atoms with Crippen LogP contribution in [0.1, 0.15) is 18.9 Å². The molecular formula is C15H18N2O5. The van der Waals surface area contributed by atoms with E-state index in [1.165, 1.54) is 0 Å². The molecule has 2 rings (SSSR count).